The lowest BCUT2D eigenvalue weighted by Crippen LogP contribution is -2.08. The van der Waals surface area contributed by atoms with E-state index in [9.17, 15) is 0 Å². The Morgan fingerprint density at radius 1 is 1.57 bits per heavy atom. The molecule has 0 aliphatic carbocycles. The van der Waals surface area contributed by atoms with Crippen LogP contribution in [0.5, 0.6) is 0 Å². The van der Waals surface area contributed by atoms with Gasteiger partial charge in [-0.2, -0.15) is 0 Å². The summed E-state index contributed by atoms with van der Waals surface area (Å²) in [5.41, 5.74) is 8.73. The van der Waals surface area contributed by atoms with Gasteiger partial charge in [0.25, 0.3) is 0 Å². The first-order chi connectivity index (χ1) is 6.69. The van der Waals surface area contributed by atoms with Crippen LogP contribution >= 0.6 is 0 Å². The molecular weight excluding hydrogens is 176 g/mol. The number of rotatable bonds is 5. The first-order valence-corrected chi connectivity index (χ1v) is 4.94. The van der Waals surface area contributed by atoms with Crippen LogP contribution in [-0.4, -0.2) is 15.0 Å². The van der Waals surface area contributed by atoms with Gasteiger partial charge in [0.1, 0.15) is 0 Å². The van der Waals surface area contributed by atoms with Gasteiger partial charge in [0, 0.05) is 6.54 Å². The molecule has 0 spiro atoms. The molecule has 0 fully saturated rings. The molecule has 4 heteroatoms. The molecule has 0 aliphatic rings. The van der Waals surface area contributed by atoms with E-state index in [0.29, 0.717) is 6.54 Å². The molecule has 14 heavy (non-hydrogen) atoms. The van der Waals surface area contributed by atoms with Gasteiger partial charge in [-0.05, 0) is 13.3 Å². The molecule has 0 aromatic carbocycles. The van der Waals surface area contributed by atoms with Crippen molar-refractivity contribution in [2.45, 2.75) is 39.8 Å². The van der Waals surface area contributed by atoms with Crippen molar-refractivity contribution in [2.24, 2.45) is 5.73 Å². The van der Waals surface area contributed by atoms with Crippen molar-refractivity contribution < 1.29 is 0 Å². The third kappa shape index (κ3) is 2.42. The zero-order chi connectivity index (χ0) is 10.6. The molecule has 78 valence electrons. The minimum absolute atomic E-state index is 0.464. The number of nitrogens with two attached hydrogens (primary N) is 1. The Hall–Kier alpha value is -1.16. The topological polar surface area (TPSA) is 56.7 Å². The van der Waals surface area contributed by atoms with E-state index >= 15 is 0 Å². The highest BCUT2D eigenvalue weighted by molar-refractivity contribution is 5.11. The highest BCUT2D eigenvalue weighted by Gasteiger charge is 2.09. The van der Waals surface area contributed by atoms with Gasteiger partial charge in [0.2, 0.25) is 0 Å². The Balaban J connectivity index is 2.91. The number of aromatic nitrogens is 3. The molecule has 0 saturated carbocycles. The molecule has 0 atom stereocenters. The van der Waals surface area contributed by atoms with Crippen LogP contribution in [0.2, 0.25) is 0 Å². The van der Waals surface area contributed by atoms with Crippen LogP contribution in [0.3, 0.4) is 0 Å². The molecule has 0 bridgehead atoms. The lowest BCUT2D eigenvalue weighted by atomic mass is 10.2. The number of hydrogen-bond acceptors (Lipinski definition) is 3. The van der Waals surface area contributed by atoms with Crippen molar-refractivity contribution in [1.82, 2.24) is 15.0 Å². The number of allylic oxidation sites excluding steroid dienone is 1. The molecule has 1 aromatic rings. The summed E-state index contributed by atoms with van der Waals surface area (Å²) in [6, 6.07) is 0. The predicted octanol–water partition coefficient (Wildman–Crippen LogP) is 1.27. The van der Waals surface area contributed by atoms with Crippen molar-refractivity contribution >= 4 is 0 Å². The molecule has 1 aromatic heterocycles. The highest BCUT2D eigenvalue weighted by Crippen LogP contribution is 2.09. The second kappa shape index (κ2) is 4.91. The van der Waals surface area contributed by atoms with Gasteiger partial charge in [-0.25, -0.2) is 4.68 Å². The predicted molar refractivity (Wildman–Crippen MR) is 56.7 cm³/mol. The van der Waals surface area contributed by atoms with Crippen molar-refractivity contribution in [3.63, 3.8) is 0 Å². The average molecular weight is 194 g/mol. The summed E-state index contributed by atoms with van der Waals surface area (Å²) in [5, 5.41) is 8.12. The van der Waals surface area contributed by atoms with Crippen LogP contribution in [-0.2, 0) is 19.5 Å². The molecular formula is C10H18N4. The molecule has 0 unspecified atom stereocenters. The fourth-order valence-electron chi connectivity index (χ4n) is 1.42. The third-order valence-corrected chi connectivity index (χ3v) is 2.02. The first-order valence-electron chi connectivity index (χ1n) is 4.94. The van der Waals surface area contributed by atoms with Crippen molar-refractivity contribution in [2.75, 3.05) is 0 Å². The fourth-order valence-corrected chi connectivity index (χ4v) is 1.42. The Bertz CT molecular complexity index is 314. The second-order valence-electron chi connectivity index (χ2n) is 3.55. The van der Waals surface area contributed by atoms with Gasteiger partial charge in [0.05, 0.1) is 17.9 Å². The van der Waals surface area contributed by atoms with E-state index in [2.05, 4.69) is 23.8 Å². The van der Waals surface area contributed by atoms with Crippen LogP contribution < -0.4 is 5.73 Å². The first kappa shape index (κ1) is 10.9. The molecule has 0 saturated heterocycles. The van der Waals surface area contributed by atoms with Crippen molar-refractivity contribution in [3.05, 3.63) is 23.5 Å². The van der Waals surface area contributed by atoms with E-state index in [-0.39, 0.29) is 0 Å². The quantitative estimate of drug-likeness (QED) is 0.718. The van der Waals surface area contributed by atoms with Gasteiger partial charge in [-0.15, -0.1) is 5.10 Å². The molecule has 0 amide bonds. The summed E-state index contributed by atoms with van der Waals surface area (Å²) in [5.74, 6) is 0. The fraction of sp³-hybridized carbons (Fsp3) is 0.600. The Morgan fingerprint density at radius 3 is 2.79 bits per heavy atom. The van der Waals surface area contributed by atoms with Gasteiger partial charge in [-0.1, -0.05) is 30.7 Å². The van der Waals surface area contributed by atoms with E-state index < -0.39 is 0 Å². The van der Waals surface area contributed by atoms with E-state index in [1.165, 1.54) is 0 Å². The van der Waals surface area contributed by atoms with Gasteiger partial charge in [0.15, 0.2) is 0 Å². The highest BCUT2D eigenvalue weighted by atomic mass is 15.4. The standard InChI is InChI=1S/C10H18N4/c1-4-5-10-9(6-11)12-13-14(10)7-8(2)3/h2,4-7,11H2,1,3H3. The van der Waals surface area contributed by atoms with Crippen LogP contribution in [0.15, 0.2) is 12.2 Å². The molecule has 0 aliphatic heterocycles. The van der Waals surface area contributed by atoms with Gasteiger partial charge in [-0.3, -0.25) is 0 Å². The summed E-state index contributed by atoms with van der Waals surface area (Å²) < 4.78 is 1.90. The molecule has 2 N–H and O–H groups in total. The maximum absolute atomic E-state index is 5.59. The summed E-state index contributed by atoms with van der Waals surface area (Å²) >= 11 is 0. The van der Waals surface area contributed by atoms with E-state index in [0.717, 1.165) is 36.3 Å². The van der Waals surface area contributed by atoms with Gasteiger partial charge < -0.3 is 5.73 Å². The van der Waals surface area contributed by atoms with E-state index in [4.69, 9.17) is 5.73 Å². The summed E-state index contributed by atoms with van der Waals surface area (Å²) in [4.78, 5) is 0. The number of nitrogens with zero attached hydrogens (tertiary/aromatic N) is 3. The van der Waals surface area contributed by atoms with Crippen LogP contribution in [0.4, 0.5) is 0 Å². The molecule has 0 radical (unpaired) electrons. The lowest BCUT2D eigenvalue weighted by Gasteiger charge is -2.05. The second-order valence-corrected chi connectivity index (χ2v) is 3.55. The lowest BCUT2D eigenvalue weighted by molar-refractivity contribution is 0.608. The SMILES string of the molecule is C=C(C)Cn1nnc(CN)c1CCC. The maximum atomic E-state index is 5.59. The van der Waals surface area contributed by atoms with Crippen molar-refractivity contribution in [3.8, 4) is 0 Å². The van der Waals surface area contributed by atoms with Crippen molar-refractivity contribution in [1.29, 1.82) is 0 Å². The third-order valence-electron chi connectivity index (χ3n) is 2.02. The monoisotopic (exact) mass is 194 g/mol. The Labute approximate surface area is 84.8 Å². The minimum atomic E-state index is 0.464. The van der Waals surface area contributed by atoms with Crippen LogP contribution in [0, 0.1) is 0 Å². The summed E-state index contributed by atoms with van der Waals surface area (Å²) in [6.07, 6.45) is 2.06. The van der Waals surface area contributed by atoms with Crippen LogP contribution in [0.1, 0.15) is 31.7 Å². The molecule has 1 heterocycles. The van der Waals surface area contributed by atoms with E-state index in [1.807, 2.05) is 11.6 Å². The minimum Gasteiger partial charge on any atom is -0.325 e. The van der Waals surface area contributed by atoms with Gasteiger partial charge >= 0.3 is 0 Å². The Kier molecular flexibility index (Phi) is 3.83. The molecule has 1 rings (SSSR count). The van der Waals surface area contributed by atoms with Crippen LogP contribution in [0.25, 0.3) is 0 Å². The smallest absolute Gasteiger partial charge is 0.0994 e. The largest absolute Gasteiger partial charge is 0.325 e. The summed E-state index contributed by atoms with van der Waals surface area (Å²) in [6.45, 7) is 9.19. The maximum Gasteiger partial charge on any atom is 0.0994 e. The summed E-state index contributed by atoms with van der Waals surface area (Å²) in [7, 11) is 0. The molecule has 4 nitrogen and oxygen atoms in total. The van der Waals surface area contributed by atoms with E-state index in [1.54, 1.807) is 0 Å². The zero-order valence-electron chi connectivity index (χ0n) is 8.95. The normalized spacial score (nSPS) is 10.5. The Morgan fingerprint density at radius 2 is 2.29 bits per heavy atom. The average Bonchev–Trinajstić information content (AvgIpc) is 2.48. The zero-order valence-corrected chi connectivity index (χ0v) is 8.95. The number of hydrogen-bond donors (Lipinski definition) is 1.